The van der Waals surface area contributed by atoms with Crippen LogP contribution in [-0.2, 0) is 9.84 Å². The van der Waals surface area contributed by atoms with E-state index in [0.29, 0.717) is 5.92 Å². The molecule has 0 bridgehead atoms. The van der Waals surface area contributed by atoms with Gasteiger partial charge >= 0.3 is 0 Å². The maximum absolute atomic E-state index is 12.1. The summed E-state index contributed by atoms with van der Waals surface area (Å²) < 4.78 is 24.2. The Labute approximate surface area is 117 Å². The van der Waals surface area contributed by atoms with E-state index in [4.69, 9.17) is 0 Å². The van der Waals surface area contributed by atoms with Gasteiger partial charge in [0.15, 0.2) is 9.84 Å². The van der Waals surface area contributed by atoms with Gasteiger partial charge in [0, 0.05) is 6.04 Å². The van der Waals surface area contributed by atoms with Crippen molar-refractivity contribution < 1.29 is 8.42 Å². The second kappa shape index (κ2) is 7.06. The van der Waals surface area contributed by atoms with Gasteiger partial charge in [0.1, 0.15) is 0 Å². The summed E-state index contributed by atoms with van der Waals surface area (Å²) in [6.45, 7) is 6.12. The molecule has 0 amide bonds. The molecule has 0 fully saturated rings. The third-order valence-electron chi connectivity index (χ3n) is 3.25. The highest BCUT2D eigenvalue weighted by atomic mass is 32.2. The highest BCUT2D eigenvalue weighted by molar-refractivity contribution is 7.91. The number of benzene rings is 1. The first kappa shape index (κ1) is 16.2. The predicted molar refractivity (Wildman–Crippen MR) is 81.1 cm³/mol. The van der Waals surface area contributed by atoms with Gasteiger partial charge in [0.2, 0.25) is 0 Å². The molecule has 0 saturated carbocycles. The summed E-state index contributed by atoms with van der Waals surface area (Å²) in [4.78, 5) is 0. The average Bonchev–Trinajstić information content (AvgIpc) is 2.35. The topological polar surface area (TPSA) is 46.2 Å². The van der Waals surface area contributed by atoms with Gasteiger partial charge in [-0.2, -0.15) is 0 Å². The van der Waals surface area contributed by atoms with Crippen molar-refractivity contribution in [1.29, 1.82) is 0 Å². The third kappa shape index (κ3) is 5.74. The lowest BCUT2D eigenvalue weighted by molar-refractivity contribution is 0.558. The van der Waals surface area contributed by atoms with Crippen LogP contribution in [0.1, 0.15) is 37.4 Å². The van der Waals surface area contributed by atoms with Crippen LogP contribution in [0.25, 0.3) is 0 Å². The molecule has 0 aromatic heterocycles. The maximum atomic E-state index is 12.1. The van der Waals surface area contributed by atoms with Crippen molar-refractivity contribution in [3.05, 3.63) is 35.4 Å². The van der Waals surface area contributed by atoms with Crippen molar-refractivity contribution in [2.75, 3.05) is 18.6 Å². The van der Waals surface area contributed by atoms with Crippen molar-refractivity contribution >= 4 is 9.84 Å². The minimum absolute atomic E-state index is 0.127. The zero-order chi connectivity index (χ0) is 14.5. The van der Waals surface area contributed by atoms with Gasteiger partial charge < -0.3 is 5.32 Å². The summed E-state index contributed by atoms with van der Waals surface area (Å²) in [6.07, 6.45) is 0.729. The van der Waals surface area contributed by atoms with Crippen LogP contribution in [0.4, 0.5) is 0 Å². The largest absolute Gasteiger partial charge is 0.312 e. The van der Waals surface area contributed by atoms with Gasteiger partial charge in [-0.1, -0.05) is 43.7 Å². The molecule has 1 aromatic carbocycles. The van der Waals surface area contributed by atoms with Crippen LogP contribution in [-0.4, -0.2) is 27.0 Å². The molecule has 0 saturated heterocycles. The highest BCUT2D eigenvalue weighted by Crippen LogP contribution is 2.17. The fraction of sp³-hybridized carbons (Fsp3) is 0.600. The van der Waals surface area contributed by atoms with Gasteiger partial charge in [-0.3, -0.25) is 0 Å². The number of hydrogen-bond donors (Lipinski definition) is 1. The zero-order valence-corrected chi connectivity index (χ0v) is 13.1. The normalized spacial score (nSPS) is 13.7. The molecule has 0 radical (unpaired) electrons. The lowest BCUT2D eigenvalue weighted by Gasteiger charge is -2.17. The summed E-state index contributed by atoms with van der Waals surface area (Å²) >= 11 is 0. The molecule has 0 spiro atoms. The van der Waals surface area contributed by atoms with Crippen LogP contribution in [0.3, 0.4) is 0 Å². The number of nitrogens with one attached hydrogen (secondary N) is 1. The molecule has 19 heavy (non-hydrogen) atoms. The van der Waals surface area contributed by atoms with Gasteiger partial charge in [0.05, 0.1) is 11.5 Å². The van der Waals surface area contributed by atoms with Crippen LogP contribution in [0, 0.1) is 12.8 Å². The number of aryl methyl sites for hydroxylation is 1. The maximum Gasteiger partial charge on any atom is 0.152 e. The van der Waals surface area contributed by atoms with Crippen LogP contribution >= 0.6 is 0 Å². The van der Waals surface area contributed by atoms with E-state index in [2.05, 4.69) is 5.32 Å². The van der Waals surface area contributed by atoms with E-state index in [9.17, 15) is 8.42 Å². The number of sulfone groups is 1. The van der Waals surface area contributed by atoms with Gasteiger partial charge in [-0.25, -0.2) is 8.42 Å². The fourth-order valence-corrected chi connectivity index (χ4v) is 3.76. The minimum atomic E-state index is -3.01. The quantitative estimate of drug-likeness (QED) is 0.837. The first-order valence-corrected chi connectivity index (χ1v) is 8.60. The van der Waals surface area contributed by atoms with Crippen molar-refractivity contribution in [1.82, 2.24) is 5.32 Å². The SMILES string of the molecule is CNC(CS(=O)(=O)CCC(C)C)c1ccc(C)cc1. The van der Waals surface area contributed by atoms with E-state index in [1.807, 2.05) is 52.1 Å². The molecule has 3 nitrogen and oxygen atoms in total. The second-order valence-corrected chi connectivity index (χ2v) is 7.78. The average molecular weight is 283 g/mol. The Morgan fingerprint density at radius 1 is 1.16 bits per heavy atom. The van der Waals surface area contributed by atoms with Crippen LogP contribution in [0.5, 0.6) is 0 Å². The standard InChI is InChI=1S/C15H25NO2S/c1-12(2)9-10-19(17,18)11-15(16-4)14-7-5-13(3)6-8-14/h5-8,12,15-16H,9-11H2,1-4H3. The first-order valence-electron chi connectivity index (χ1n) is 6.78. The molecule has 1 unspecified atom stereocenters. The molecule has 0 aliphatic heterocycles. The molecule has 4 heteroatoms. The lowest BCUT2D eigenvalue weighted by Crippen LogP contribution is -2.27. The van der Waals surface area contributed by atoms with Crippen molar-refractivity contribution in [2.45, 2.75) is 33.2 Å². The zero-order valence-electron chi connectivity index (χ0n) is 12.3. The van der Waals surface area contributed by atoms with E-state index in [1.165, 1.54) is 5.56 Å². The molecule has 1 N–H and O–H groups in total. The van der Waals surface area contributed by atoms with Crippen LogP contribution in [0.15, 0.2) is 24.3 Å². The third-order valence-corrected chi connectivity index (χ3v) is 4.95. The Balaban J connectivity index is 2.73. The van der Waals surface area contributed by atoms with E-state index in [0.717, 1.165) is 12.0 Å². The number of hydrogen-bond acceptors (Lipinski definition) is 3. The molecule has 0 aliphatic carbocycles. The molecular formula is C15H25NO2S. The lowest BCUT2D eigenvalue weighted by atomic mass is 10.1. The molecule has 0 aliphatic rings. The van der Waals surface area contributed by atoms with E-state index in [1.54, 1.807) is 0 Å². The Bertz CT molecular complexity index is 477. The van der Waals surface area contributed by atoms with Gasteiger partial charge in [-0.15, -0.1) is 0 Å². The Morgan fingerprint density at radius 2 is 1.74 bits per heavy atom. The van der Waals surface area contributed by atoms with E-state index in [-0.39, 0.29) is 17.5 Å². The van der Waals surface area contributed by atoms with E-state index >= 15 is 0 Å². The summed E-state index contributed by atoms with van der Waals surface area (Å²) in [7, 11) is -1.20. The Morgan fingerprint density at radius 3 is 2.21 bits per heavy atom. The second-order valence-electron chi connectivity index (χ2n) is 5.55. The molecule has 1 aromatic rings. The van der Waals surface area contributed by atoms with Crippen molar-refractivity contribution in [2.24, 2.45) is 5.92 Å². The van der Waals surface area contributed by atoms with Crippen molar-refractivity contribution in [3.8, 4) is 0 Å². The number of rotatable bonds is 7. The van der Waals surface area contributed by atoms with Gasteiger partial charge in [0.25, 0.3) is 0 Å². The monoisotopic (exact) mass is 283 g/mol. The summed E-state index contributed by atoms with van der Waals surface area (Å²) in [6, 6.07) is 7.89. The van der Waals surface area contributed by atoms with Crippen LogP contribution in [0.2, 0.25) is 0 Å². The molecular weight excluding hydrogens is 258 g/mol. The fourth-order valence-electron chi connectivity index (χ4n) is 1.90. The molecule has 1 rings (SSSR count). The molecule has 108 valence electrons. The predicted octanol–water partition coefficient (Wildman–Crippen LogP) is 2.72. The highest BCUT2D eigenvalue weighted by Gasteiger charge is 2.19. The minimum Gasteiger partial charge on any atom is -0.312 e. The first-order chi connectivity index (χ1) is 8.84. The summed E-state index contributed by atoms with van der Waals surface area (Å²) in [5.74, 6) is 0.857. The summed E-state index contributed by atoms with van der Waals surface area (Å²) in [5, 5.41) is 3.10. The molecule has 0 heterocycles. The van der Waals surface area contributed by atoms with Crippen LogP contribution < -0.4 is 5.32 Å². The molecule has 1 atom stereocenters. The smallest absolute Gasteiger partial charge is 0.152 e. The Kier molecular flexibility index (Phi) is 6.01. The Hall–Kier alpha value is -0.870. The summed E-state index contributed by atoms with van der Waals surface area (Å²) in [5.41, 5.74) is 2.21. The van der Waals surface area contributed by atoms with E-state index < -0.39 is 9.84 Å². The van der Waals surface area contributed by atoms with Gasteiger partial charge in [-0.05, 0) is 31.9 Å². The van der Waals surface area contributed by atoms with Crippen molar-refractivity contribution in [3.63, 3.8) is 0 Å².